The molecule has 0 aliphatic carbocycles. The molecule has 0 spiro atoms. The first kappa shape index (κ1) is 18.0. The van der Waals surface area contributed by atoms with E-state index in [1.54, 1.807) is 20.8 Å². The van der Waals surface area contributed by atoms with Gasteiger partial charge in [0.1, 0.15) is 28.1 Å². The number of pyridine rings is 1. The Balaban J connectivity index is 2.58. The van der Waals surface area contributed by atoms with Gasteiger partial charge < -0.3 is 20.3 Å². The third kappa shape index (κ3) is 6.48. The smallest absolute Gasteiger partial charge is 0.407 e. The maximum absolute atomic E-state index is 11.5. The molecule has 6 nitrogen and oxygen atoms in total. The summed E-state index contributed by atoms with van der Waals surface area (Å²) in [7, 11) is 0. The van der Waals surface area contributed by atoms with Crippen LogP contribution in [0.15, 0.2) is 12.1 Å². The predicted octanol–water partition coefficient (Wildman–Crippen LogP) is 2.31. The van der Waals surface area contributed by atoms with Crippen molar-refractivity contribution in [1.82, 2.24) is 10.3 Å². The van der Waals surface area contributed by atoms with Gasteiger partial charge in [-0.3, -0.25) is 0 Å². The number of nitrogens with zero attached hydrogens (tertiary/aromatic N) is 1. The van der Waals surface area contributed by atoms with Gasteiger partial charge in [0, 0.05) is 6.54 Å². The Labute approximate surface area is 133 Å². The summed E-state index contributed by atoms with van der Waals surface area (Å²) in [5, 5.41) is 22.4. The molecule has 2 atom stereocenters. The van der Waals surface area contributed by atoms with Crippen molar-refractivity contribution in [3.8, 4) is 0 Å². The molecule has 1 amide bonds. The number of alkyl carbamates (subject to hydrolysis) is 1. The summed E-state index contributed by atoms with van der Waals surface area (Å²) in [6, 6.07) is 2.77. The normalized spacial score (nSPS) is 14.4. The van der Waals surface area contributed by atoms with E-state index in [0.717, 1.165) is 0 Å². The van der Waals surface area contributed by atoms with Crippen molar-refractivity contribution in [2.75, 3.05) is 6.54 Å². The van der Waals surface area contributed by atoms with Crippen molar-refractivity contribution in [3.63, 3.8) is 0 Å². The first-order valence-electron chi connectivity index (χ1n) is 6.24. The van der Waals surface area contributed by atoms with Crippen LogP contribution in [0.3, 0.4) is 0 Å². The van der Waals surface area contributed by atoms with E-state index in [2.05, 4.69) is 10.3 Å². The van der Waals surface area contributed by atoms with Crippen molar-refractivity contribution in [3.05, 3.63) is 28.0 Å². The first-order chi connectivity index (χ1) is 9.58. The van der Waals surface area contributed by atoms with E-state index in [-0.39, 0.29) is 16.9 Å². The zero-order valence-electron chi connectivity index (χ0n) is 11.9. The van der Waals surface area contributed by atoms with Crippen LogP contribution in [-0.2, 0) is 4.74 Å². The number of aromatic nitrogens is 1. The van der Waals surface area contributed by atoms with Gasteiger partial charge >= 0.3 is 6.09 Å². The lowest BCUT2D eigenvalue weighted by molar-refractivity contribution is 0.0129. The molecule has 1 aromatic heterocycles. The van der Waals surface area contributed by atoms with Crippen LogP contribution in [0.2, 0.25) is 10.3 Å². The molecule has 0 bridgehead atoms. The number of amides is 1. The zero-order chi connectivity index (χ0) is 16.2. The van der Waals surface area contributed by atoms with Gasteiger partial charge in [-0.1, -0.05) is 23.2 Å². The van der Waals surface area contributed by atoms with Crippen molar-refractivity contribution in [1.29, 1.82) is 0 Å². The van der Waals surface area contributed by atoms with Crippen LogP contribution in [0, 0.1) is 0 Å². The van der Waals surface area contributed by atoms with Crippen LogP contribution in [0.5, 0.6) is 0 Å². The molecule has 118 valence electrons. The molecule has 2 unspecified atom stereocenters. The molecule has 0 fully saturated rings. The van der Waals surface area contributed by atoms with E-state index in [0.29, 0.717) is 5.56 Å². The van der Waals surface area contributed by atoms with Gasteiger partial charge in [0.05, 0.1) is 0 Å². The minimum Gasteiger partial charge on any atom is -0.444 e. The monoisotopic (exact) mass is 336 g/mol. The minimum absolute atomic E-state index is 0.101. The Morgan fingerprint density at radius 2 is 1.86 bits per heavy atom. The Bertz CT molecular complexity index is 485. The molecule has 8 heteroatoms. The van der Waals surface area contributed by atoms with Crippen molar-refractivity contribution in [2.45, 2.75) is 38.6 Å². The highest BCUT2D eigenvalue weighted by Crippen LogP contribution is 2.22. The van der Waals surface area contributed by atoms with E-state index in [9.17, 15) is 15.0 Å². The summed E-state index contributed by atoms with van der Waals surface area (Å²) in [5.41, 5.74) is -0.335. The lowest BCUT2D eigenvalue weighted by atomic mass is 10.1. The molecule has 0 saturated carbocycles. The average molecular weight is 337 g/mol. The van der Waals surface area contributed by atoms with Gasteiger partial charge in [-0.15, -0.1) is 0 Å². The minimum atomic E-state index is -1.27. The number of rotatable bonds is 4. The lowest BCUT2D eigenvalue weighted by Gasteiger charge is -2.22. The molecular weight excluding hydrogens is 319 g/mol. The van der Waals surface area contributed by atoms with Gasteiger partial charge in [-0.2, -0.15) is 0 Å². The van der Waals surface area contributed by atoms with Crippen LogP contribution in [0.4, 0.5) is 4.79 Å². The fourth-order valence-electron chi connectivity index (χ4n) is 1.49. The Morgan fingerprint density at radius 3 is 2.33 bits per heavy atom. The van der Waals surface area contributed by atoms with E-state index in [1.807, 2.05) is 0 Å². The highest BCUT2D eigenvalue weighted by molar-refractivity contribution is 6.32. The SMILES string of the molecule is CC(C)(C)OC(=O)NCC(O)C(O)c1cc(Cl)nc(Cl)c1. The van der Waals surface area contributed by atoms with Crippen LogP contribution in [0.25, 0.3) is 0 Å². The standard InChI is InChI=1S/C13H18Cl2N2O4/c1-13(2,3)21-12(20)16-6-8(18)11(19)7-4-9(14)17-10(15)5-7/h4-5,8,11,18-19H,6H2,1-3H3,(H,16,20). The summed E-state index contributed by atoms with van der Waals surface area (Å²) in [6.07, 6.45) is -3.19. The van der Waals surface area contributed by atoms with Gasteiger partial charge in [-0.25, -0.2) is 9.78 Å². The molecular formula is C13H18Cl2N2O4. The summed E-state index contributed by atoms with van der Waals surface area (Å²) >= 11 is 11.4. The number of aliphatic hydroxyl groups is 2. The van der Waals surface area contributed by atoms with Crippen LogP contribution in [-0.4, -0.2) is 39.5 Å². The summed E-state index contributed by atoms with van der Waals surface area (Å²) < 4.78 is 5.02. The average Bonchev–Trinajstić information content (AvgIpc) is 2.31. The number of hydrogen-bond donors (Lipinski definition) is 3. The quantitative estimate of drug-likeness (QED) is 0.734. The Kier molecular flexibility index (Phi) is 6.22. The highest BCUT2D eigenvalue weighted by atomic mass is 35.5. The maximum Gasteiger partial charge on any atom is 0.407 e. The molecule has 0 aliphatic heterocycles. The molecule has 1 heterocycles. The third-order valence-electron chi connectivity index (χ3n) is 2.35. The number of aliphatic hydroxyl groups excluding tert-OH is 2. The van der Waals surface area contributed by atoms with Crippen molar-refractivity contribution in [2.24, 2.45) is 0 Å². The van der Waals surface area contributed by atoms with Crippen LogP contribution >= 0.6 is 23.2 Å². The molecule has 3 N–H and O–H groups in total. The largest absolute Gasteiger partial charge is 0.444 e. The number of carbonyl (C=O) groups is 1. The summed E-state index contributed by atoms with van der Waals surface area (Å²) in [6.45, 7) is 4.98. The summed E-state index contributed by atoms with van der Waals surface area (Å²) in [4.78, 5) is 15.2. The van der Waals surface area contributed by atoms with E-state index < -0.39 is 23.9 Å². The molecule has 21 heavy (non-hydrogen) atoms. The number of nitrogens with one attached hydrogen (secondary N) is 1. The molecule has 1 aromatic rings. The predicted molar refractivity (Wildman–Crippen MR) is 79.5 cm³/mol. The number of ether oxygens (including phenoxy) is 1. The number of halogens is 2. The second kappa shape index (κ2) is 7.26. The third-order valence-corrected chi connectivity index (χ3v) is 2.73. The number of carbonyl (C=O) groups excluding carboxylic acids is 1. The van der Waals surface area contributed by atoms with Crippen LogP contribution in [0.1, 0.15) is 32.4 Å². The van der Waals surface area contributed by atoms with Crippen LogP contribution < -0.4 is 5.32 Å². The molecule has 0 aliphatic rings. The van der Waals surface area contributed by atoms with Gasteiger partial charge in [0.25, 0.3) is 0 Å². The van der Waals surface area contributed by atoms with Crippen molar-refractivity contribution < 1.29 is 19.7 Å². The fraction of sp³-hybridized carbons (Fsp3) is 0.538. The Hall–Kier alpha value is -1.08. The fourth-order valence-corrected chi connectivity index (χ4v) is 1.97. The van der Waals surface area contributed by atoms with E-state index >= 15 is 0 Å². The first-order valence-corrected chi connectivity index (χ1v) is 7.00. The highest BCUT2D eigenvalue weighted by Gasteiger charge is 2.22. The van der Waals surface area contributed by atoms with Gasteiger partial charge in [-0.05, 0) is 38.5 Å². The second-order valence-electron chi connectivity index (χ2n) is 5.44. The van der Waals surface area contributed by atoms with Crippen molar-refractivity contribution >= 4 is 29.3 Å². The van der Waals surface area contributed by atoms with Gasteiger partial charge in [0.15, 0.2) is 0 Å². The Morgan fingerprint density at radius 1 is 1.33 bits per heavy atom. The lowest BCUT2D eigenvalue weighted by Crippen LogP contribution is -2.38. The van der Waals surface area contributed by atoms with Gasteiger partial charge in [0.2, 0.25) is 0 Å². The maximum atomic E-state index is 11.5. The van der Waals surface area contributed by atoms with E-state index in [4.69, 9.17) is 27.9 Å². The molecule has 0 radical (unpaired) electrons. The molecule has 0 aromatic carbocycles. The zero-order valence-corrected chi connectivity index (χ0v) is 13.4. The topological polar surface area (TPSA) is 91.7 Å². The van der Waals surface area contributed by atoms with E-state index in [1.165, 1.54) is 12.1 Å². The number of hydrogen-bond acceptors (Lipinski definition) is 5. The molecule has 0 saturated heterocycles. The second-order valence-corrected chi connectivity index (χ2v) is 6.22. The summed E-state index contributed by atoms with van der Waals surface area (Å²) in [5.74, 6) is 0. The molecule has 1 rings (SSSR count).